The summed E-state index contributed by atoms with van der Waals surface area (Å²) in [6, 6.07) is 12.9. The lowest BCUT2D eigenvalue weighted by molar-refractivity contribution is -0.109. The van der Waals surface area contributed by atoms with Crippen LogP contribution in [0, 0.1) is 0 Å². The molecule has 0 fully saturated rings. The van der Waals surface area contributed by atoms with Gasteiger partial charge in [-0.3, -0.25) is 4.79 Å². The molecule has 0 heterocycles. The smallest absolute Gasteiger partial charge is 0.186 e. The van der Waals surface area contributed by atoms with Gasteiger partial charge in [0.25, 0.3) is 0 Å². The van der Waals surface area contributed by atoms with Crippen molar-refractivity contribution in [1.82, 2.24) is 0 Å². The summed E-state index contributed by atoms with van der Waals surface area (Å²) in [6.45, 7) is 0. The van der Waals surface area contributed by atoms with Gasteiger partial charge in [-0.1, -0.05) is 30.3 Å². The fourth-order valence-corrected chi connectivity index (χ4v) is 3.36. The number of nitrogens with zero attached hydrogens (tertiary/aromatic N) is 1. The predicted molar refractivity (Wildman–Crippen MR) is 99.2 cm³/mol. The van der Waals surface area contributed by atoms with Crippen LogP contribution in [0.25, 0.3) is 5.57 Å². The molecule has 3 nitrogen and oxygen atoms in total. The minimum Gasteiger partial charge on any atom is -0.506 e. The number of hydrogen-bond acceptors (Lipinski definition) is 3. The van der Waals surface area contributed by atoms with Gasteiger partial charge in [-0.05, 0) is 67.8 Å². The molecule has 0 bridgehead atoms. The first-order chi connectivity index (χ1) is 11.0. The van der Waals surface area contributed by atoms with Crippen LogP contribution in [0.15, 0.2) is 74.6 Å². The highest BCUT2D eigenvalue weighted by atomic mass is 79.9. The van der Waals surface area contributed by atoms with E-state index in [4.69, 9.17) is 0 Å². The number of ketones is 1. The van der Waals surface area contributed by atoms with Gasteiger partial charge in [0.1, 0.15) is 5.75 Å². The third kappa shape index (κ3) is 3.51. The maximum absolute atomic E-state index is 12.1. The highest BCUT2D eigenvalue weighted by Gasteiger charge is 2.14. The molecule has 1 aliphatic rings. The van der Waals surface area contributed by atoms with Gasteiger partial charge in [0.05, 0.1) is 20.3 Å². The molecule has 2 aromatic rings. The molecule has 0 saturated carbocycles. The van der Waals surface area contributed by atoms with E-state index in [9.17, 15) is 9.90 Å². The van der Waals surface area contributed by atoms with Crippen molar-refractivity contribution in [2.24, 2.45) is 4.99 Å². The summed E-state index contributed by atoms with van der Waals surface area (Å²) in [4.78, 5) is 16.6. The minimum atomic E-state index is -0.0387. The van der Waals surface area contributed by atoms with E-state index in [0.29, 0.717) is 25.9 Å². The van der Waals surface area contributed by atoms with E-state index in [1.807, 2.05) is 30.3 Å². The third-order valence-electron chi connectivity index (χ3n) is 3.31. The summed E-state index contributed by atoms with van der Waals surface area (Å²) in [5.74, 6) is 0.0899. The van der Waals surface area contributed by atoms with Crippen molar-refractivity contribution < 1.29 is 9.90 Å². The zero-order chi connectivity index (χ0) is 16.4. The average Bonchev–Trinajstić information content (AvgIpc) is 2.55. The molecule has 0 spiro atoms. The van der Waals surface area contributed by atoms with E-state index in [1.54, 1.807) is 24.3 Å². The Kier molecular flexibility index (Phi) is 4.59. The highest BCUT2D eigenvalue weighted by molar-refractivity contribution is 9.11. The quantitative estimate of drug-likeness (QED) is 0.662. The molecule has 0 unspecified atom stereocenters. The van der Waals surface area contributed by atoms with Crippen molar-refractivity contribution in [1.29, 1.82) is 0 Å². The number of hydrogen-bond donors (Lipinski definition) is 1. The van der Waals surface area contributed by atoms with Gasteiger partial charge in [-0.25, -0.2) is 4.99 Å². The lowest BCUT2D eigenvalue weighted by Gasteiger charge is -2.09. The van der Waals surface area contributed by atoms with Crippen molar-refractivity contribution in [2.75, 3.05) is 0 Å². The summed E-state index contributed by atoms with van der Waals surface area (Å²) in [5, 5.41) is 9.75. The van der Waals surface area contributed by atoms with Gasteiger partial charge in [0, 0.05) is 5.57 Å². The number of halogens is 2. The SMILES string of the molecule is O=C1C=CC(=Nc2cc(Br)c(O)c(Br)c2)C=C1c1ccccc1. The fraction of sp³-hybridized carbons (Fsp3) is 0. The van der Waals surface area contributed by atoms with Crippen LogP contribution in [0.1, 0.15) is 5.56 Å². The lowest BCUT2D eigenvalue weighted by atomic mass is 9.96. The molecular formula is C18H11Br2NO2. The second-order valence-electron chi connectivity index (χ2n) is 4.92. The molecule has 5 heteroatoms. The Morgan fingerprint density at radius 2 is 1.61 bits per heavy atom. The standard InChI is InChI=1S/C18H11Br2NO2/c19-15-9-13(10-16(20)18(15)23)21-12-6-7-17(22)14(8-12)11-4-2-1-3-5-11/h1-10,23H. The number of carbonyl (C=O) groups excluding carboxylic acids is 1. The second kappa shape index (κ2) is 6.64. The fourth-order valence-electron chi connectivity index (χ4n) is 2.20. The van der Waals surface area contributed by atoms with E-state index in [-0.39, 0.29) is 11.5 Å². The van der Waals surface area contributed by atoms with Crippen molar-refractivity contribution in [3.63, 3.8) is 0 Å². The van der Waals surface area contributed by atoms with Crippen molar-refractivity contribution >= 4 is 54.6 Å². The van der Waals surface area contributed by atoms with Crippen LogP contribution in [0.5, 0.6) is 5.75 Å². The van der Waals surface area contributed by atoms with E-state index in [2.05, 4.69) is 36.9 Å². The van der Waals surface area contributed by atoms with Gasteiger partial charge >= 0.3 is 0 Å². The Hall–Kier alpha value is -1.98. The van der Waals surface area contributed by atoms with E-state index in [1.165, 1.54) is 6.08 Å². The molecule has 3 rings (SSSR count). The Bertz CT molecular complexity index is 845. The van der Waals surface area contributed by atoms with Crippen molar-refractivity contribution in [3.05, 3.63) is 75.2 Å². The second-order valence-corrected chi connectivity index (χ2v) is 6.62. The number of benzene rings is 2. The average molecular weight is 433 g/mol. The normalized spacial score (nSPS) is 15.8. The first-order valence-electron chi connectivity index (χ1n) is 6.81. The maximum Gasteiger partial charge on any atom is 0.186 e. The molecule has 0 amide bonds. The molecule has 2 aromatic carbocycles. The Morgan fingerprint density at radius 3 is 2.26 bits per heavy atom. The predicted octanol–water partition coefficient (Wildman–Crippen LogP) is 5.21. The topological polar surface area (TPSA) is 49.7 Å². The number of phenols is 1. The van der Waals surface area contributed by atoms with Gasteiger partial charge in [-0.2, -0.15) is 0 Å². The van der Waals surface area contributed by atoms with Crippen LogP contribution in [0.4, 0.5) is 5.69 Å². The van der Waals surface area contributed by atoms with Crippen LogP contribution in [-0.4, -0.2) is 16.6 Å². The van der Waals surface area contributed by atoms with E-state index < -0.39 is 0 Å². The van der Waals surface area contributed by atoms with E-state index >= 15 is 0 Å². The van der Waals surface area contributed by atoms with Crippen LogP contribution in [0.3, 0.4) is 0 Å². The molecule has 0 aromatic heterocycles. The number of rotatable bonds is 2. The van der Waals surface area contributed by atoms with Gasteiger partial charge in [0.2, 0.25) is 0 Å². The number of aliphatic imine (C=N–C) groups is 1. The van der Waals surface area contributed by atoms with Crippen LogP contribution in [-0.2, 0) is 4.79 Å². The number of carbonyl (C=O) groups is 1. The van der Waals surface area contributed by atoms with Crippen molar-refractivity contribution in [3.8, 4) is 5.75 Å². The monoisotopic (exact) mass is 431 g/mol. The molecule has 0 aliphatic heterocycles. The van der Waals surface area contributed by atoms with Crippen LogP contribution in [0.2, 0.25) is 0 Å². The largest absolute Gasteiger partial charge is 0.506 e. The third-order valence-corrected chi connectivity index (χ3v) is 4.52. The summed E-state index contributed by atoms with van der Waals surface area (Å²) in [6.07, 6.45) is 4.97. The molecule has 0 radical (unpaired) electrons. The van der Waals surface area contributed by atoms with Gasteiger partial charge in [0.15, 0.2) is 5.78 Å². The number of aromatic hydroxyl groups is 1. The van der Waals surface area contributed by atoms with E-state index in [0.717, 1.165) is 5.56 Å². The summed E-state index contributed by atoms with van der Waals surface area (Å²) >= 11 is 6.57. The maximum atomic E-state index is 12.1. The Balaban J connectivity index is 2.02. The summed E-state index contributed by atoms with van der Waals surface area (Å²) in [5.41, 5.74) is 2.82. The molecule has 1 aliphatic carbocycles. The molecule has 23 heavy (non-hydrogen) atoms. The van der Waals surface area contributed by atoms with Crippen LogP contribution >= 0.6 is 31.9 Å². The Labute approximate surface area is 150 Å². The summed E-state index contributed by atoms with van der Waals surface area (Å²) < 4.78 is 1.10. The van der Waals surface area contributed by atoms with Crippen LogP contribution < -0.4 is 0 Å². The zero-order valence-corrected chi connectivity index (χ0v) is 15.0. The Morgan fingerprint density at radius 1 is 0.957 bits per heavy atom. The number of allylic oxidation sites excluding steroid dienone is 4. The highest BCUT2D eigenvalue weighted by Crippen LogP contribution is 2.36. The molecular weight excluding hydrogens is 422 g/mol. The summed E-state index contributed by atoms with van der Waals surface area (Å²) in [7, 11) is 0. The molecule has 1 N–H and O–H groups in total. The van der Waals surface area contributed by atoms with Gasteiger partial charge < -0.3 is 5.11 Å². The first kappa shape index (κ1) is 15.9. The van der Waals surface area contributed by atoms with Crippen molar-refractivity contribution in [2.45, 2.75) is 0 Å². The molecule has 114 valence electrons. The zero-order valence-electron chi connectivity index (χ0n) is 11.8. The first-order valence-corrected chi connectivity index (χ1v) is 8.39. The number of phenolic OH excluding ortho intramolecular Hbond substituents is 1. The molecule has 0 saturated heterocycles. The lowest BCUT2D eigenvalue weighted by Crippen LogP contribution is -2.06. The van der Waals surface area contributed by atoms with Gasteiger partial charge in [-0.15, -0.1) is 0 Å². The minimum absolute atomic E-state index is 0.0387. The molecule has 0 atom stereocenters.